The average Bonchev–Trinajstić information content (AvgIpc) is 3.17. The van der Waals surface area contributed by atoms with Gasteiger partial charge in [0.25, 0.3) is 5.91 Å². The Morgan fingerprint density at radius 3 is 1.65 bits per heavy atom. The molecule has 16 heteroatoms. The van der Waals surface area contributed by atoms with E-state index in [0.717, 1.165) is 18.8 Å². The van der Waals surface area contributed by atoms with E-state index in [1.807, 2.05) is 18.2 Å². The Balaban J connectivity index is 1.57. The predicted molar refractivity (Wildman–Crippen MR) is 238 cm³/mol. The van der Waals surface area contributed by atoms with E-state index in [1.54, 1.807) is 80.5 Å². The van der Waals surface area contributed by atoms with Crippen molar-refractivity contribution in [1.29, 1.82) is 0 Å². The molecule has 0 saturated heterocycles. The lowest BCUT2D eigenvalue weighted by atomic mass is 10.0. The van der Waals surface area contributed by atoms with E-state index in [0.29, 0.717) is 33.3 Å². The molecule has 2 aromatic rings. The Morgan fingerprint density at radius 2 is 1.17 bits per heavy atom. The molecule has 4 rings (SSSR count). The van der Waals surface area contributed by atoms with Crippen LogP contribution in [-0.2, 0) is 47.6 Å². The zero-order valence-corrected chi connectivity index (χ0v) is 38.7. The molecule has 0 radical (unpaired) electrons. The fourth-order valence-electron chi connectivity index (χ4n) is 6.48. The topological polar surface area (TPSA) is 191 Å². The highest BCUT2D eigenvalue weighted by atomic mass is 16.6. The van der Waals surface area contributed by atoms with Crippen LogP contribution in [0.15, 0.2) is 51.7 Å². The molecule has 0 aromatic heterocycles. The van der Waals surface area contributed by atoms with Gasteiger partial charge in [0.2, 0.25) is 0 Å². The number of fused-ring (bicyclic) bond motifs is 4. The van der Waals surface area contributed by atoms with Crippen molar-refractivity contribution in [2.24, 2.45) is 0 Å². The van der Waals surface area contributed by atoms with Crippen LogP contribution >= 0.6 is 0 Å². The summed E-state index contributed by atoms with van der Waals surface area (Å²) < 4.78 is 46.3. The van der Waals surface area contributed by atoms with E-state index in [-0.39, 0.29) is 70.1 Å². The fourth-order valence-corrected chi connectivity index (χ4v) is 6.48. The van der Waals surface area contributed by atoms with Crippen LogP contribution in [0.2, 0.25) is 0 Å². The van der Waals surface area contributed by atoms with Crippen LogP contribution in [0.3, 0.4) is 0 Å². The molecule has 1 heterocycles. The summed E-state index contributed by atoms with van der Waals surface area (Å²) in [6.07, 6.45) is -0.207. The van der Waals surface area contributed by atoms with Crippen LogP contribution in [0.4, 0.5) is 5.69 Å². The van der Waals surface area contributed by atoms with Crippen LogP contribution in [0, 0.1) is 0 Å². The molecule has 0 unspecified atom stereocenters. The number of esters is 3. The molecule has 16 nitrogen and oxygen atoms in total. The van der Waals surface area contributed by atoms with Gasteiger partial charge in [-0.25, -0.2) is 4.98 Å². The minimum atomic E-state index is -1.40. The fraction of sp³-hybridized carbons (Fsp3) is 0.574. The van der Waals surface area contributed by atoms with Gasteiger partial charge in [-0.2, -0.15) is 0 Å². The van der Waals surface area contributed by atoms with Crippen molar-refractivity contribution in [2.75, 3.05) is 64.2 Å². The van der Waals surface area contributed by atoms with Gasteiger partial charge < -0.3 is 47.8 Å². The smallest absolute Gasteiger partial charge is 0.308 e. The normalized spacial score (nSPS) is 12.4. The standard InChI is InChI=1S/C47H65N3O13/c1-12-50(13-2)31-14-17-35-37(24-31)60-38-26-36(51)33-16-15-32(25-34(33)43(38)48-35)59-27-39(52)49-47(28-56-21-18-40(53)61-44(3,4)5,29-57-22-19-41(54)62-45(6,7)8)30-58-23-20-42(55)63-46(9,10)11/h14-17,24-26H,12-13,18-23,27-30H2,1-11H3,(H,49,52). The molecule has 0 spiro atoms. The molecule has 2 aliphatic rings. The molecule has 1 aliphatic carbocycles. The summed E-state index contributed by atoms with van der Waals surface area (Å²) in [5.41, 5.74) is -1.16. The van der Waals surface area contributed by atoms with Crippen molar-refractivity contribution in [1.82, 2.24) is 10.3 Å². The number of nitrogens with one attached hydrogen (secondary N) is 1. The molecule has 0 fully saturated rings. The highest BCUT2D eigenvalue weighted by Crippen LogP contribution is 2.33. The number of benzene rings is 3. The van der Waals surface area contributed by atoms with E-state index in [9.17, 15) is 24.0 Å². The van der Waals surface area contributed by atoms with Gasteiger partial charge in [-0.05, 0) is 106 Å². The highest BCUT2D eigenvalue weighted by molar-refractivity contribution is 5.97. The first-order valence-corrected chi connectivity index (χ1v) is 21.4. The molecule has 1 amide bonds. The number of nitrogens with zero attached hydrogens (tertiary/aromatic N) is 2. The van der Waals surface area contributed by atoms with E-state index in [2.05, 4.69) is 24.1 Å². The van der Waals surface area contributed by atoms with Gasteiger partial charge >= 0.3 is 17.9 Å². The first-order chi connectivity index (χ1) is 29.5. The van der Waals surface area contributed by atoms with E-state index in [4.69, 9.17) is 42.6 Å². The predicted octanol–water partition coefficient (Wildman–Crippen LogP) is 6.77. The van der Waals surface area contributed by atoms with Crippen molar-refractivity contribution < 1.29 is 56.8 Å². The van der Waals surface area contributed by atoms with Gasteiger partial charge in [0, 0.05) is 41.7 Å². The lowest BCUT2D eigenvalue weighted by Gasteiger charge is -2.34. The zero-order valence-electron chi connectivity index (χ0n) is 38.7. The van der Waals surface area contributed by atoms with Gasteiger partial charge in [-0.1, -0.05) is 0 Å². The summed E-state index contributed by atoms with van der Waals surface area (Å²) >= 11 is 0. The number of hydrogen-bond donors (Lipinski definition) is 1. The van der Waals surface area contributed by atoms with Crippen LogP contribution in [-0.4, -0.2) is 110 Å². The SMILES string of the molecule is CCN(CC)c1ccc2nc3c4cc(OCC(=O)NC(COCCC(=O)OC(C)(C)C)(COCCC(=O)OC(C)(C)C)COCCC(=O)OC(C)(C)C)ccc4c(=O)cc-3oc2c1. The third kappa shape index (κ3) is 16.4. The molecule has 0 bridgehead atoms. The summed E-state index contributed by atoms with van der Waals surface area (Å²) in [5, 5.41) is 3.81. The number of amides is 1. The van der Waals surface area contributed by atoms with Gasteiger partial charge in [0.05, 0.1) is 58.9 Å². The Hall–Kier alpha value is -5.32. The lowest BCUT2D eigenvalue weighted by Crippen LogP contribution is -2.59. The van der Waals surface area contributed by atoms with Crippen molar-refractivity contribution in [3.05, 3.63) is 52.7 Å². The second kappa shape index (κ2) is 21.8. The first kappa shape index (κ1) is 50.3. The van der Waals surface area contributed by atoms with Crippen molar-refractivity contribution in [3.63, 3.8) is 0 Å². The molecule has 0 saturated carbocycles. The Morgan fingerprint density at radius 1 is 0.667 bits per heavy atom. The average molecular weight is 880 g/mol. The highest BCUT2D eigenvalue weighted by Gasteiger charge is 2.35. The van der Waals surface area contributed by atoms with Crippen LogP contribution < -0.4 is 20.4 Å². The van der Waals surface area contributed by atoms with Gasteiger partial charge in [-0.15, -0.1) is 0 Å². The summed E-state index contributed by atoms with van der Waals surface area (Å²) in [7, 11) is 0. The van der Waals surface area contributed by atoms with Gasteiger partial charge in [0.15, 0.2) is 23.4 Å². The first-order valence-electron chi connectivity index (χ1n) is 21.4. The number of rotatable bonds is 22. The minimum Gasteiger partial charge on any atom is -0.484 e. The maximum atomic E-state index is 13.8. The monoisotopic (exact) mass is 879 g/mol. The zero-order chi connectivity index (χ0) is 46.6. The molecule has 0 atom stereocenters. The maximum Gasteiger partial charge on any atom is 0.308 e. The lowest BCUT2D eigenvalue weighted by molar-refractivity contribution is -0.157. The van der Waals surface area contributed by atoms with Crippen molar-refractivity contribution in [3.8, 4) is 17.2 Å². The minimum absolute atomic E-state index is 0.0572. The molecule has 1 aliphatic heterocycles. The third-order valence-electron chi connectivity index (χ3n) is 9.05. The number of aromatic nitrogens is 1. The maximum absolute atomic E-state index is 13.8. The number of carbonyl (C=O) groups is 4. The summed E-state index contributed by atoms with van der Waals surface area (Å²) in [5.74, 6) is -1.42. The van der Waals surface area contributed by atoms with Crippen LogP contribution in [0.5, 0.6) is 5.75 Å². The Kier molecular flexibility index (Phi) is 17.5. The van der Waals surface area contributed by atoms with Gasteiger partial charge in [0.1, 0.15) is 39.3 Å². The number of hydrogen-bond acceptors (Lipinski definition) is 15. The second-order valence-electron chi connectivity index (χ2n) is 18.3. The van der Waals surface area contributed by atoms with Crippen molar-refractivity contribution >= 4 is 51.4 Å². The summed E-state index contributed by atoms with van der Waals surface area (Å²) in [6.45, 7) is 20.4. The summed E-state index contributed by atoms with van der Waals surface area (Å²) in [4.78, 5) is 71.5. The quantitative estimate of drug-likeness (QED) is 0.0286. The molecule has 346 valence electrons. The largest absolute Gasteiger partial charge is 0.484 e. The van der Waals surface area contributed by atoms with Crippen molar-refractivity contribution in [2.45, 2.75) is 118 Å². The Labute approximate surface area is 369 Å². The summed E-state index contributed by atoms with van der Waals surface area (Å²) in [6, 6.07) is 12.0. The molecule has 63 heavy (non-hydrogen) atoms. The molecular weight excluding hydrogens is 815 g/mol. The molecule has 1 N–H and O–H groups in total. The third-order valence-corrected chi connectivity index (χ3v) is 9.05. The van der Waals surface area contributed by atoms with E-state index in [1.165, 1.54) is 6.07 Å². The second-order valence-corrected chi connectivity index (χ2v) is 18.3. The van der Waals surface area contributed by atoms with E-state index < -0.39 is 52.8 Å². The Bertz CT molecular complexity index is 2120. The molecular formula is C47H65N3O13. The number of carbonyl (C=O) groups excluding carboxylic acids is 4. The van der Waals surface area contributed by atoms with Crippen LogP contribution in [0.25, 0.3) is 33.3 Å². The number of anilines is 1. The van der Waals surface area contributed by atoms with E-state index >= 15 is 0 Å². The molecule has 2 aromatic carbocycles. The number of ether oxygens (including phenoxy) is 7. The van der Waals surface area contributed by atoms with Crippen LogP contribution in [0.1, 0.15) is 95.4 Å². The van der Waals surface area contributed by atoms with Gasteiger partial charge in [-0.3, -0.25) is 24.0 Å².